The van der Waals surface area contributed by atoms with Crippen molar-refractivity contribution in [2.45, 2.75) is 13.8 Å². The molecule has 0 aromatic heterocycles. The molecular formula is C8H14N2O2. The van der Waals surface area contributed by atoms with E-state index in [1.165, 1.54) is 0 Å². The zero-order valence-electron chi connectivity index (χ0n) is 7.70. The summed E-state index contributed by atoms with van der Waals surface area (Å²) < 4.78 is 4.94. The Morgan fingerprint density at radius 1 is 1.67 bits per heavy atom. The topological polar surface area (TPSA) is 62.4 Å². The molecule has 0 aromatic carbocycles. The van der Waals surface area contributed by atoms with Gasteiger partial charge in [-0.25, -0.2) is 0 Å². The Morgan fingerprint density at radius 2 is 2.25 bits per heavy atom. The molecule has 0 aliphatic heterocycles. The minimum absolute atomic E-state index is 0.0346. The molecular weight excluding hydrogens is 156 g/mol. The molecule has 0 bridgehead atoms. The van der Waals surface area contributed by atoms with Gasteiger partial charge in [-0.2, -0.15) is 10.2 Å². The molecule has 12 heavy (non-hydrogen) atoms. The van der Waals surface area contributed by atoms with E-state index in [0.717, 1.165) is 0 Å². The van der Waals surface area contributed by atoms with Crippen molar-refractivity contribution in [3.63, 3.8) is 0 Å². The van der Waals surface area contributed by atoms with Gasteiger partial charge < -0.3 is 4.74 Å². The molecule has 0 aliphatic rings. The first-order chi connectivity index (χ1) is 5.58. The zero-order chi connectivity index (χ0) is 9.61. The monoisotopic (exact) mass is 170 g/mol. The highest BCUT2D eigenvalue weighted by Crippen LogP contribution is 2.26. The maximum atomic E-state index is 9.98. The van der Waals surface area contributed by atoms with Crippen LogP contribution in [0, 0.1) is 27.6 Å². The third-order valence-electron chi connectivity index (χ3n) is 1.87. The molecule has 0 fully saturated rings. The van der Waals surface area contributed by atoms with Gasteiger partial charge >= 0.3 is 0 Å². The van der Waals surface area contributed by atoms with Crippen LogP contribution < -0.4 is 0 Å². The lowest BCUT2D eigenvalue weighted by Gasteiger charge is -2.26. The standard InChI is InChI=1S/C8H14N2O2/c1-8(2,6-12-3)7(4-9)5-10-11/h7H,5-6H2,1-3H3. The third-order valence-corrected chi connectivity index (χ3v) is 1.87. The molecule has 0 radical (unpaired) electrons. The van der Waals surface area contributed by atoms with Crippen LogP contribution in [-0.2, 0) is 4.74 Å². The van der Waals surface area contributed by atoms with Crippen molar-refractivity contribution in [3.05, 3.63) is 4.91 Å². The highest BCUT2D eigenvalue weighted by atomic mass is 16.5. The Morgan fingerprint density at radius 3 is 2.58 bits per heavy atom. The number of methoxy groups -OCH3 is 1. The molecule has 0 saturated heterocycles. The van der Waals surface area contributed by atoms with Gasteiger partial charge in [0, 0.05) is 12.5 Å². The van der Waals surface area contributed by atoms with Gasteiger partial charge in [-0.05, 0) is 0 Å². The molecule has 1 atom stereocenters. The van der Waals surface area contributed by atoms with E-state index in [2.05, 4.69) is 11.2 Å². The number of hydrogen-bond acceptors (Lipinski definition) is 4. The number of nitriles is 1. The smallest absolute Gasteiger partial charge is 0.0975 e. The number of ether oxygens (including phenoxy) is 1. The van der Waals surface area contributed by atoms with Crippen LogP contribution in [0.1, 0.15) is 13.8 Å². The Bertz CT molecular complexity index is 184. The first kappa shape index (κ1) is 11.1. The van der Waals surface area contributed by atoms with Crippen molar-refractivity contribution in [2.24, 2.45) is 16.5 Å². The Labute approximate surface area is 72.5 Å². The molecule has 4 heteroatoms. The van der Waals surface area contributed by atoms with E-state index in [4.69, 9.17) is 10.00 Å². The number of nitroso groups, excluding NO2 is 1. The first-order valence-corrected chi connectivity index (χ1v) is 3.76. The molecule has 4 nitrogen and oxygen atoms in total. The van der Waals surface area contributed by atoms with Crippen molar-refractivity contribution in [1.29, 1.82) is 5.26 Å². The van der Waals surface area contributed by atoms with Crippen LogP contribution in [-0.4, -0.2) is 20.3 Å². The van der Waals surface area contributed by atoms with Gasteiger partial charge in [0.2, 0.25) is 0 Å². The van der Waals surface area contributed by atoms with Crippen LogP contribution in [0.25, 0.3) is 0 Å². The minimum atomic E-state index is -0.366. The second kappa shape index (κ2) is 4.83. The molecule has 0 aromatic rings. The quantitative estimate of drug-likeness (QED) is 0.588. The molecule has 0 saturated carbocycles. The lowest BCUT2D eigenvalue weighted by Crippen LogP contribution is -2.29. The van der Waals surface area contributed by atoms with E-state index in [0.29, 0.717) is 6.61 Å². The minimum Gasteiger partial charge on any atom is -0.384 e. The number of rotatable bonds is 5. The van der Waals surface area contributed by atoms with Gasteiger partial charge in [0.15, 0.2) is 0 Å². The molecule has 0 heterocycles. The lowest BCUT2D eigenvalue weighted by atomic mass is 9.80. The fraction of sp³-hybridized carbons (Fsp3) is 0.875. The second-order valence-electron chi connectivity index (χ2n) is 3.41. The average Bonchev–Trinajstić information content (AvgIpc) is 1.99. The summed E-state index contributed by atoms with van der Waals surface area (Å²) in [4.78, 5) is 9.98. The van der Waals surface area contributed by atoms with Crippen LogP contribution in [0.2, 0.25) is 0 Å². The van der Waals surface area contributed by atoms with Crippen LogP contribution >= 0.6 is 0 Å². The summed E-state index contributed by atoms with van der Waals surface area (Å²) in [6.45, 7) is 4.26. The molecule has 0 aliphatic carbocycles. The van der Waals surface area contributed by atoms with Crippen LogP contribution in [0.3, 0.4) is 0 Å². The van der Waals surface area contributed by atoms with Crippen LogP contribution in [0.5, 0.6) is 0 Å². The van der Waals surface area contributed by atoms with Gasteiger partial charge in [-0.1, -0.05) is 19.0 Å². The summed E-state index contributed by atoms with van der Waals surface area (Å²) >= 11 is 0. The van der Waals surface area contributed by atoms with Crippen molar-refractivity contribution >= 4 is 0 Å². The maximum absolute atomic E-state index is 9.98. The molecule has 0 amide bonds. The maximum Gasteiger partial charge on any atom is 0.0975 e. The fourth-order valence-corrected chi connectivity index (χ4v) is 1.01. The van der Waals surface area contributed by atoms with Gasteiger partial charge in [0.1, 0.15) is 0 Å². The molecule has 1 unspecified atom stereocenters. The van der Waals surface area contributed by atoms with E-state index in [1.54, 1.807) is 7.11 Å². The first-order valence-electron chi connectivity index (χ1n) is 3.76. The zero-order valence-corrected chi connectivity index (χ0v) is 7.70. The Balaban J connectivity index is 4.27. The summed E-state index contributed by atoms with van der Waals surface area (Å²) in [5.41, 5.74) is -0.308. The fourth-order valence-electron chi connectivity index (χ4n) is 1.01. The van der Waals surface area contributed by atoms with Crippen LogP contribution in [0.15, 0.2) is 5.18 Å². The predicted molar refractivity (Wildman–Crippen MR) is 45.4 cm³/mol. The van der Waals surface area contributed by atoms with E-state index in [9.17, 15) is 4.91 Å². The summed E-state index contributed by atoms with van der Waals surface area (Å²) in [5, 5.41) is 11.4. The lowest BCUT2D eigenvalue weighted by molar-refractivity contribution is 0.0795. The Hall–Kier alpha value is -0.950. The van der Waals surface area contributed by atoms with E-state index < -0.39 is 0 Å². The van der Waals surface area contributed by atoms with Crippen molar-refractivity contribution < 1.29 is 4.74 Å². The normalized spacial score (nSPS) is 13.5. The second-order valence-corrected chi connectivity index (χ2v) is 3.41. The van der Waals surface area contributed by atoms with Crippen molar-refractivity contribution in [2.75, 3.05) is 20.3 Å². The largest absolute Gasteiger partial charge is 0.384 e. The molecule has 68 valence electrons. The highest BCUT2D eigenvalue weighted by Gasteiger charge is 2.29. The van der Waals surface area contributed by atoms with E-state index in [1.807, 2.05) is 13.8 Å². The van der Waals surface area contributed by atoms with Gasteiger partial charge in [0.05, 0.1) is 25.1 Å². The van der Waals surface area contributed by atoms with Gasteiger partial charge in [-0.3, -0.25) is 0 Å². The van der Waals surface area contributed by atoms with Crippen molar-refractivity contribution in [3.8, 4) is 6.07 Å². The number of nitrogens with zero attached hydrogens (tertiary/aromatic N) is 2. The summed E-state index contributed by atoms with van der Waals surface area (Å²) in [7, 11) is 1.57. The van der Waals surface area contributed by atoms with Crippen LogP contribution in [0.4, 0.5) is 0 Å². The van der Waals surface area contributed by atoms with Crippen molar-refractivity contribution in [1.82, 2.24) is 0 Å². The Kier molecular flexibility index (Phi) is 4.45. The van der Waals surface area contributed by atoms with E-state index >= 15 is 0 Å². The number of hydrogen-bond donors (Lipinski definition) is 0. The summed E-state index contributed by atoms with van der Waals surface area (Å²) in [6, 6.07) is 2.05. The molecule has 0 rings (SSSR count). The van der Waals surface area contributed by atoms with Gasteiger partial charge in [0.25, 0.3) is 0 Å². The average molecular weight is 170 g/mol. The highest BCUT2D eigenvalue weighted by molar-refractivity contribution is 4.94. The summed E-state index contributed by atoms with van der Waals surface area (Å²) in [6.07, 6.45) is 0. The molecule has 0 N–H and O–H groups in total. The predicted octanol–water partition coefficient (Wildman–Crippen LogP) is 1.57. The molecule has 0 spiro atoms. The third kappa shape index (κ3) is 2.97. The summed E-state index contributed by atoms with van der Waals surface area (Å²) in [5.74, 6) is -0.366. The SMILES string of the molecule is COCC(C)(C)C(C#N)CN=O. The van der Waals surface area contributed by atoms with E-state index in [-0.39, 0.29) is 17.9 Å². The van der Waals surface area contributed by atoms with Gasteiger partial charge in [-0.15, -0.1) is 0 Å².